The van der Waals surface area contributed by atoms with Crippen LogP contribution in [0.3, 0.4) is 0 Å². The van der Waals surface area contributed by atoms with Gasteiger partial charge in [-0.3, -0.25) is 4.79 Å². The molecule has 2 aromatic heterocycles. The van der Waals surface area contributed by atoms with Gasteiger partial charge >= 0.3 is 0 Å². The van der Waals surface area contributed by atoms with Gasteiger partial charge in [0, 0.05) is 45.1 Å². The number of aromatic nitrogens is 4. The van der Waals surface area contributed by atoms with Crippen LogP contribution in [0.5, 0.6) is 0 Å². The van der Waals surface area contributed by atoms with Gasteiger partial charge in [-0.2, -0.15) is 0 Å². The first-order valence-electron chi connectivity index (χ1n) is 9.15. The Morgan fingerprint density at radius 1 is 1.07 bits per heavy atom. The minimum atomic E-state index is -0.0877. The first-order valence-corrected chi connectivity index (χ1v) is 9.15. The van der Waals surface area contributed by atoms with Crippen LogP contribution < -0.4 is 10.2 Å². The Bertz CT molecular complexity index is 714. The highest BCUT2D eigenvalue weighted by Crippen LogP contribution is 2.12. The van der Waals surface area contributed by atoms with Gasteiger partial charge in [0.05, 0.1) is 12.4 Å². The molecule has 9 heteroatoms. The van der Waals surface area contributed by atoms with Crippen LogP contribution in [0.25, 0.3) is 0 Å². The minimum Gasteiger partial charge on any atom is -0.369 e. The Labute approximate surface area is 159 Å². The summed E-state index contributed by atoms with van der Waals surface area (Å²) < 4.78 is 0. The van der Waals surface area contributed by atoms with Crippen molar-refractivity contribution in [1.82, 2.24) is 29.7 Å². The minimum absolute atomic E-state index is 0.0877. The first-order chi connectivity index (χ1) is 13.1. The van der Waals surface area contributed by atoms with Crippen LogP contribution >= 0.6 is 0 Å². The van der Waals surface area contributed by atoms with Gasteiger partial charge in [0.1, 0.15) is 11.5 Å². The second-order valence-corrected chi connectivity index (χ2v) is 6.70. The molecule has 1 saturated heterocycles. The van der Waals surface area contributed by atoms with E-state index in [1.165, 1.54) is 0 Å². The van der Waals surface area contributed by atoms with Crippen molar-refractivity contribution < 1.29 is 4.79 Å². The Morgan fingerprint density at radius 3 is 2.44 bits per heavy atom. The van der Waals surface area contributed by atoms with Crippen LogP contribution in [0.2, 0.25) is 0 Å². The molecule has 0 spiro atoms. The maximum absolute atomic E-state index is 12.6. The molecule has 3 heterocycles. The number of amides is 1. The average molecular weight is 370 g/mol. The van der Waals surface area contributed by atoms with Crippen LogP contribution in [-0.4, -0.2) is 89.0 Å². The van der Waals surface area contributed by atoms with Crippen molar-refractivity contribution in [2.45, 2.75) is 6.42 Å². The predicted molar refractivity (Wildman–Crippen MR) is 104 cm³/mol. The predicted octanol–water partition coefficient (Wildman–Crippen LogP) is 0.593. The largest absolute Gasteiger partial charge is 0.369 e. The van der Waals surface area contributed by atoms with E-state index in [0.717, 1.165) is 19.5 Å². The number of nitrogens with zero attached hydrogens (tertiary/aromatic N) is 7. The summed E-state index contributed by atoms with van der Waals surface area (Å²) in [4.78, 5) is 35.8. The first kappa shape index (κ1) is 19.0. The van der Waals surface area contributed by atoms with E-state index in [1.807, 2.05) is 14.1 Å². The number of nitrogens with one attached hydrogen (secondary N) is 1. The molecule has 0 bridgehead atoms. The molecule has 0 atom stereocenters. The molecule has 0 aliphatic carbocycles. The third-order valence-electron chi connectivity index (χ3n) is 4.36. The van der Waals surface area contributed by atoms with Crippen LogP contribution in [0.1, 0.15) is 16.9 Å². The number of hydrogen-bond donors (Lipinski definition) is 1. The topological polar surface area (TPSA) is 90.4 Å². The van der Waals surface area contributed by atoms with E-state index in [1.54, 1.807) is 35.8 Å². The lowest BCUT2D eigenvalue weighted by molar-refractivity contribution is 0.0740. The number of piperazine rings is 1. The van der Waals surface area contributed by atoms with E-state index < -0.39 is 0 Å². The van der Waals surface area contributed by atoms with E-state index in [2.05, 4.69) is 35.1 Å². The maximum atomic E-state index is 12.6. The zero-order chi connectivity index (χ0) is 19.1. The van der Waals surface area contributed by atoms with Gasteiger partial charge in [-0.05, 0) is 33.1 Å². The SMILES string of the molecule is CN(C)CCCNc1cnc(C(=O)N2CCN(c3ncccn3)CC2)cn1. The molecule has 0 radical (unpaired) electrons. The summed E-state index contributed by atoms with van der Waals surface area (Å²) in [5.74, 6) is 1.31. The highest BCUT2D eigenvalue weighted by molar-refractivity contribution is 5.92. The van der Waals surface area contributed by atoms with Gasteiger partial charge in [-0.25, -0.2) is 19.9 Å². The van der Waals surface area contributed by atoms with Gasteiger partial charge in [0.15, 0.2) is 0 Å². The van der Waals surface area contributed by atoms with Crippen LogP contribution in [0, 0.1) is 0 Å². The molecule has 2 aromatic rings. The number of carbonyl (C=O) groups excluding carboxylic acids is 1. The Hall–Kier alpha value is -2.81. The molecular formula is C18H26N8O. The van der Waals surface area contributed by atoms with Crippen molar-refractivity contribution in [3.8, 4) is 0 Å². The molecule has 1 amide bonds. The van der Waals surface area contributed by atoms with Gasteiger partial charge < -0.3 is 20.0 Å². The molecule has 1 fully saturated rings. The zero-order valence-electron chi connectivity index (χ0n) is 15.9. The van der Waals surface area contributed by atoms with E-state index in [0.29, 0.717) is 43.6 Å². The molecule has 9 nitrogen and oxygen atoms in total. The molecule has 0 aromatic carbocycles. The molecular weight excluding hydrogens is 344 g/mol. The van der Waals surface area contributed by atoms with E-state index in [9.17, 15) is 4.79 Å². The van der Waals surface area contributed by atoms with Crippen molar-refractivity contribution in [2.24, 2.45) is 0 Å². The molecule has 1 aliphatic rings. The summed E-state index contributed by atoms with van der Waals surface area (Å²) in [6.45, 7) is 4.47. The summed E-state index contributed by atoms with van der Waals surface area (Å²) in [6, 6.07) is 1.79. The standard InChI is InChI=1S/C18H26N8O/c1-24(2)8-4-7-19-16-14-22-15(13-23-16)17(27)25-9-11-26(12-10-25)18-20-5-3-6-21-18/h3,5-6,13-14H,4,7-12H2,1-2H3,(H,19,23). The molecule has 1 N–H and O–H groups in total. The lowest BCUT2D eigenvalue weighted by atomic mass is 10.3. The Morgan fingerprint density at radius 2 is 1.81 bits per heavy atom. The molecule has 1 aliphatic heterocycles. The lowest BCUT2D eigenvalue weighted by Gasteiger charge is -2.34. The number of anilines is 2. The summed E-state index contributed by atoms with van der Waals surface area (Å²) in [5, 5.41) is 3.22. The number of carbonyl (C=O) groups is 1. The van der Waals surface area contributed by atoms with Gasteiger partial charge in [0.25, 0.3) is 5.91 Å². The van der Waals surface area contributed by atoms with Crippen molar-refractivity contribution in [1.29, 1.82) is 0 Å². The van der Waals surface area contributed by atoms with E-state index in [-0.39, 0.29) is 5.91 Å². The highest BCUT2D eigenvalue weighted by Gasteiger charge is 2.24. The van der Waals surface area contributed by atoms with Crippen molar-refractivity contribution in [3.63, 3.8) is 0 Å². The second-order valence-electron chi connectivity index (χ2n) is 6.70. The average Bonchev–Trinajstić information content (AvgIpc) is 2.72. The number of rotatable bonds is 7. The quantitative estimate of drug-likeness (QED) is 0.709. The van der Waals surface area contributed by atoms with Crippen LogP contribution in [-0.2, 0) is 0 Å². The van der Waals surface area contributed by atoms with Crippen molar-refractivity contribution in [2.75, 3.05) is 63.6 Å². The lowest BCUT2D eigenvalue weighted by Crippen LogP contribution is -2.49. The molecule has 0 saturated carbocycles. The molecule has 0 unspecified atom stereocenters. The fraction of sp³-hybridized carbons (Fsp3) is 0.500. The van der Waals surface area contributed by atoms with Crippen molar-refractivity contribution in [3.05, 3.63) is 36.5 Å². The van der Waals surface area contributed by atoms with Gasteiger partial charge in [-0.15, -0.1) is 0 Å². The fourth-order valence-electron chi connectivity index (χ4n) is 2.87. The maximum Gasteiger partial charge on any atom is 0.274 e. The van der Waals surface area contributed by atoms with Gasteiger partial charge in [0.2, 0.25) is 5.95 Å². The normalized spacial score (nSPS) is 14.5. The summed E-state index contributed by atoms with van der Waals surface area (Å²) in [6.07, 6.45) is 7.64. The fourth-order valence-corrected chi connectivity index (χ4v) is 2.87. The smallest absolute Gasteiger partial charge is 0.274 e. The molecule has 144 valence electrons. The third kappa shape index (κ3) is 5.33. The van der Waals surface area contributed by atoms with Crippen LogP contribution in [0.4, 0.5) is 11.8 Å². The van der Waals surface area contributed by atoms with E-state index in [4.69, 9.17) is 0 Å². The Balaban J connectivity index is 1.48. The Kier molecular flexibility index (Phi) is 6.48. The number of hydrogen-bond acceptors (Lipinski definition) is 8. The summed E-state index contributed by atoms with van der Waals surface area (Å²) >= 11 is 0. The highest BCUT2D eigenvalue weighted by atomic mass is 16.2. The summed E-state index contributed by atoms with van der Waals surface area (Å²) in [7, 11) is 4.10. The summed E-state index contributed by atoms with van der Waals surface area (Å²) in [5.41, 5.74) is 0.373. The van der Waals surface area contributed by atoms with Crippen LogP contribution in [0.15, 0.2) is 30.9 Å². The third-order valence-corrected chi connectivity index (χ3v) is 4.36. The molecule has 27 heavy (non-hydrogen) atoms. The monoisotopic (exact) mass is 370 g/mol. The second kappa shape index (κ2) is 9.22. The van der Waals surface area contributed by atoms with E-state index >= 15 is 0 Å². The van der Waals surface area contributed by atoms with Crippen molar-refractivity contribution >= 4 is 17.7 Å². The van der Waals surface area contributed by atoms with Gasteiger partial charge in [-0.1, -0.05) is 0 Å². The molecule has 3 rings (SSSR count). The zero-order valence-corrected chi connectivity index (χ0v) is 15.9.